The second-order valence-corrected chi connectivity index (χ2v) is 6.40. The van der Waals surface area contributed by atoms with Gasteiger partial charge < -0.3 is 14.8 Å². The van der Waals surface area contributed by atoms with Crippen molar-refractivity contribution in [3.8, 4) is 0 Å². The summed E-state index contributed by atoms with van der Waals surface area (Å²) < 4.78 is 4.92. The van der Waals surface area contributed by atoms with Crippen molar-refractivity contribution in [1.29, 1.82) is 0 Å². The number of aromatic nitrogens is 1. The molecular formula is C18H24N2O3. The summed E-state index contributed by atoms with van der Waals surface area (Å²) in [6.07, 6.45) is 0.693. The molecule has 5 heteroatoms. The lowest BCUT2D eigenvalue weighted by molar-refractivity contribution is -0.150. The Hall–Kier alpha value is -1.85. The van der Waals surface area contributed by atoms with Crippen molar-refractivity contribution in [1.82, 2.24) is 9.88 Å². The number of esters is 1. The van der Waals surface area contributed by atoms with E-state index in [9.17, 15) is 9.90 Å². The van der Waals surface area contributed by atoms with Crippen LogP contribution in [0.15, 0.2) is 18.2 Å². The number of likely N-dealkylation sites (tertiary alicyclic amines) is 1. The molecule has 2 atom stereocenters. The average molecular weight is 316 g/mol. The largest absolute Gasteiger partial charge is 0.468 e. The maximum Gasteiger partial charge on any atom is 0.323 e. The van der Waals surface area contributed by atoms with Gasteiger partial charge in [0.1, 0.15) is 6.04 Å². The van der Waals surface area contributed by atoms with Gasteiger partial charge in [-0.25, -0.2) is 0 Å². The first-order valence-corrected chi connectivity index (χ1v) is 8.08. The Morgan fingerprint density at radius 2 is 2.22 bits per heavy atom. The Bertz CT molecular complexity index is 722. The number of aliphatic hydroxyl groups excluding tert-OH is 1. The molecule has 1 aromatic heterocycles. The van der Waals surface area contributed by atoms with Crippen LogP contribution in [0.1, 0.15) is 29.7 Å². The van der Waals surface area contributed by atoms with Crippen LogP contribution in [0.25, 0.3) is 10.9 Å². The molecule has 0 aliphatic carbocycles. The first-order chi connectivity index (χ1) is 11.0. The summed E-state index contributed by atoms with van der Waals surface area (Å²) in [6.45, 7) is 5.55. The van der Waals surface area contributed by atoms with Crippen LogP contribution in [-0.2, 0) is 16.1 Å². The molecule has 0 spiro atoms. The molecule has 0 radical (unpaired) electrons. The quantitative estimate of drug-likeness (QED) is 0.853. The maximum absolute atomic E-state index is 12.1. The van der Waals surface area contributed by atoms with Gasteiger partial charge in [0, 0.05) is 24.2 Å². The van der Waals surface area contributed by atoms with Gasteiger partial charge in [-0.1, -0.05) is 18.2 Å². The predicted octanol–water partition coefficient (Wildman–Crippen LogP) is 2.28. The van der Waals surface area contributed by atoms with E-state index in [0.29, 0.717) is 25.9 Å². The standard InChI is InChI=1S/C18H24N2O3/c1-11-12(2)19-17-13(5-4-6-15(11)17)10-20-8-7-14(21)9-16(20)18(22)23-3/h4-6,14,16,19,21H,7-10H2,1-3H3/t14-,16+/m0/s1. The van der Waals surface area contributed by atoms with Crippen molar-refractivity contribution in [3.63, 3.8) is 0 Å². The Morgan fingerprint density at radius 1 is 1.43 bits per heavy atom. The average Bonchev–Trinajstić information content (AvgIpc) is 2.84. The van der Waals surface area contributed by atoms with Crippen molar-refractivity contribution in [2.75, 3.05) is 13.7 Å². The van der Waals surface area contributed by atoms with Crippen molar-refractivity contribution in [3.05, 3.63) is 35.0 Å². The number of nitrogens with one attached hydrogen (secondary N) is 1. The molecule has 1 aliphatic heterocycles. The summed E-state index contributed by atoms with van der Waals surface area (Å²) in [5.41, 5.74) is 4.74. The number of benzene rings is 1. The predicted molar refractivity (Wildman–Crippen MR) is 89.2 cm³/mol. The van der Waals surface area contributed by atoms with E-state index in [0.717, 1.165) is 5.52 Å². The summed E-state index contributed by atoms with van der Waals surface area (Å²) >= 11 is 0. The van der Waals surface area contributed by atoms with E-state index in [1.165, 1.54) is 29.3 Å². The number of H-pyrrole nitrogens is 1. The summed E-state index contributed by atoms with van der Waals surface area (Å²) in [5, 5.41) is 11.1. The molecule has 124 valence electrons. The van der Waals surface area contributed by atoms with Crippen LogP contribution in [0.4, 0.5) is 0 Å². The number of ether oxygens (including phenoxy) is 1. The van der Waals surface area contributed by atoms with Crippen LogP contribution in [-0.4, -0.2) is 46.8 Å². The zero-order valence-electron chi connectivity index (χ0n) is 13.9. The number of carbonyl (C=O) groups excluding carboxylic acids is 1. The molecule has 1 aliphatic rings. The number of nitrogens with zero attached hydrogens (tertiary/aromatic N) is 1. The third kappa shape index (κ3) is 2.99. The highest BCUT2D eigenvalue weighted by Crippen LogP contribution is 2.27. The van der Waals surface area contributed by atoms with E-state index >= 15 is 0 Å². The molecule has 2 N–H and O–H groups in total. The van der Waals surface area contributed by atoms with E-state index in [1.807, 2.05) is 0 Å². The molecular weight excluding hydrogens is 292 g/mol. The Labute approximate surface area is 136 Å². The highest BCUT2D eigenvalue weighted by molar-refractivity contribution is 5.87. The number of aromatic amines is 1. The van der Waals surface area contributed by atoms with Crippen molar-refractivity contribution >= 4 is 16.9 Å². The maximum atomic E-state index is 12.1. The van der Waals surface area contributed by atoms with Crippen LogP contribution >= 0.6 is 0 Å². The molecule has 1 fully saturated rings. The van der Waals surface area contributed by atoms with Crippen LogP contribution in [0.2, 0.25) is 0 Å². The molecule has 2 aromatic rings. The Morgan fingerprint density at radius 3 is 2.96 bits per heavy atom. The lowest BCUT2D eigenvalue weighted by Gasteiger charge is -2.36. The molecule has 1 saturated heterocycles. The number of para-hydroxylation sites is 1. The minimum atomic E-state index is -0.430. The first-order valence-electron chi connectivity index (χ1n) is 8.08. The lowest BCUT2D eigenvalue weighted by Crippen LogP contribution is -2.48. The molecule has 3 rings (SSSR count). The fourth-order valence-electron chi connectivity index (χ4n) is 3.46. The van der Waals surface area contributed by atoms with Crippen LogP contribution in [0.3, 0.4) is 0 Å². The number of methoxy groups -OCH3 is 1. The van der Waals surface area contributed by atoms with Crippen molar-refractivity contribution < 1.29 is 14.6 Å². The van der Waals surface area contributed by atoms with Crippen LogP contribution in [0, 0.1) is 13.8 Å². The molecule has 23 heavy (non-hydrogen) atoms. The second kappa shape index (κ2) is 6.34. The third-order valence-electron chi connectivity index (χ3n) is 4.96. The molecule has 0 amide bonds. The number of hydrogen-bond donors (Lipinski definition) is 2. The van der Waals surface area contributed by atoms with Gasteiger partial charge in [0.15, 0.2) is 0 Å². The monoisotopic (exact) mass is 316 g/mol. The number of rotatable bonds is 3. The minimum absolute atomic E-state index is 0.269. The number of carbonyl (C=O) groups is 1. The van der Waals surface area contributed by atoms with E-state index < -0.39 is 6.10 Å². The van der Waals surface area contributed by atoms with Crippen molar-refractivity contribution in [2.24, 2.45) is 0 Å². The number of aryl methyl sites for hydroxylation is 2. The number of hydrogen-bond acceptors (Lipinski definition) is 4. The summed E-state index contributed by atoms with van der Waals surface area (Å²) in [7, 11) is 1.40. The van der Waals surface area contributed by atoms with Crippen LogP contribution in [0.5, 0.6) is 0 Å². The van der Waals surface area contributed by atoms with Gasteiger partial charge in [-0.3, -0.25) is 9.69 Å². The molecule has 0 unspecified atom stereocenters. The first kappa shape index (κ1) is 16.0. The zero-order valence-corrected chi connectivity index (χ0v) is 13.9. The third-order valence-corrected chi connectivity index (χ3v) is 4.96. The normalized spacial score (nSPS) is 22.4. The fraction of sp³-hybridized carbons (Fsp3) is 0.500. The zero-order chi connectivity index (χ0) is 16.6. The number of fused-ring (bicyclic) bond motifs is 1. The number of aliphatic hydroxyl groups is 1. The van der Waals surface area contributed by atoms with Gasteiger partial charge in [0.25, 0.3) is 0 Å². The van der Waals surface area contributed by atoms with Gasteiger partial charge >= 0.3 is 5.97 Å². The molecule has 5 nitrogen and oxygen atoms in total. The van der Waals surface area contributed by atoms with Gasteiger partial charge in [-0.2, -0.15) is 0 Å². The van der Waals surface area contributed by atoms with E-state index in [4.69, 9.17) is 4.74 Å². The number of piperidine rings is 1. The van der Waals surface area contributed by atoms with Gasteiger partial charge in [0.2, 0.25) is 0 Å². The molecule has 2 heterocycles. The van der Waals surface area contributed by atoms with Gasteiger partial charge in [-0.05, 0) is 37.8 Å². The van der Waals surface area contributed by atoms with E-state index in [1.54, 1.807) is 0 Å². The SMILES string of the molecule is COC(=O)[C@H]1C[C@@H](O)CCN1Cc1cccc2c(C)c(C)[nH]c12. The highest BCUT2D eigenvalue weighted by Gasteiger charge is 2.33. The molecule has 0 saturated carbocycles. The van der Waals surface area contributed by atoms with Crippen molar-refractivity contribution in [2.45, 2.75) is 45.4 Å². The second-order valence-electron chi connectivity index (χ2n) is 6.40. The summed E-state index contributed by atoms with van der Waals surface area (Å²) in [5.74, 6) is -0.269. The Kier molecular flexibility index (Phi) is 4.41. The molecule has 0 bridgehead atoms. The highest BCUT2D eigenvalue weighted by atomic mass is 16.5. The smallest absolute Gasteiger partial charge is 0.323 e. The van der Waals surface area contributed by atoms with Gasteiger partial charge in [0.05, 0.1) is 18.7 Å². The molecule has 1 aromatic carbocycles. The minimum Gasteiger partial charge on any atom is -0.468 e. The fourth-order valence-corrected chi connectivity index (χ4v) is 3.46. The lowest BCUT2D eigenvalue weighted by atomic mass is 9.98. The Balaban J connectivity index is 1.91. The van der Waals surface area contributed by atoms with Gasteiger partial charge in [-0.15, -0.1) is 0 Å². The topological polar surface area (TPSA) is 65.6 Å². The summed E-state index contributed by atoms with van der Waals surface area (Å²) in [4.78, 5) is 17.6. The van der Waals surface area contributed by atoms with E-state index in [2.05, 4.69) is 41.9 Å². The van der Waals surface area contributed by atoms with Crippen LogP contribution < -0.4 is 0 Å². The summed E-state index contributed by atoms with van der Waals surface area (Å²) in [6, 6.07) is 5.90. The van der Waals surface area contributed by atoms with E-state index in [-0.39, 0.29) is 12.0 Å².